The van der Waals surface area contributed by atoms with Gasteiger partial charge < -0.3 is 15.4 Å². The number of aromatic nitrogens is 2. The number of hydrogen-bond acceptors (Lipinski definition) is 3. The molecule has 2 rings (SSSR count). The first-order valence-corrected chi connectivity index (χ1v) is 8.08. The summed E-state index contributed by atoms with van der Waals surface area (Å²) in [4.78, 5) is 4.40. The van der Waals surface area contributed by atoms with Gasteiger partial charge in [-0.1, -0.05) is 12.1 Å². The third-order valence-corrected chi connectivity index (χ3v) is 3.54. The Balaban J connectivity index is 0.00000364. The van der Waals surface area contributed by atoms with E-state index in [2.05, 4.69) is 20.7 Å². The Morgan fingerprint density at radius 3 is 2.44 bits per heavy atom. The van der Waals surface area contributed by atoms with E-state index in [9.17, 15) is 13.2 Å². The summed E-state index contributed by atoms with van der Waals surface area (Å²) in [6.45, 7) is 2.83. The minimum absolute atomic E-state index is 0. The van der Waals surface area contributed by atoms with Crippen molar-refractivity contribution in [1.29, 1.82) is 0 Å². The summed E-state index contributed by atoms with van der Waals surface area (Å²) in [5.41, 5.74) is 0.133. The fourth-order valence-electron chi connectivity index (χ4n) is 2.33. The average molecular weight is 497 g/mol. The van der Waals surface area contributed by atoms with Crippen molar-refractivity contribution in [3.63, 3.8) is 0 Å². The fraction of sp³-hybridized carbons (Fsp3) is 0.412. The maximum absolute atomic E-state index is 13.0. The first-order valence-electron chi connectivity index (χ1n) is 8.08. The second-order valence-electron chi connectivity index (χ2n) is 5.57. The second-order valence-corrected chi connectivity index (χ2v) is 5.57. The zero-order valence-electron chi connectivity index (χ0n) is 15.3. The van der Waals surface area contributed by atoms with E-state index in [1.807, 2.05) is 31.2 Å². The lowest BCUT2D eigenvalue weighted by molar-refractivity contribution is -0.142. The van der Waals surface area contributed by atoms with Crippen molar-refractivity contribution in [1.82, 2.24) is 20.4 Å². The van der Waals surface area contributed by atoms with E-state index in [-0.39, 0.29) is 36.1 Å². The smallest absolute Gasteiger partial charge is 0.435 e. The van der Waals surface area contributed by atoms with E-state index < -0.39 is 11.9 Å². The van der Waals surface area contributed by atoms with Gasteiger partial charge in [0.25, 0.3) is 0 Å². The van der Waals surface area contributed by atoms with Crippen LogP contribution in [0.2, 0.25) is 0 Å². The lowest BCUT2D eigenvalue weighted by Gasteiger charge is -2.12. The lowest BCUT2D eigenvalue weighted by Crippen LogP contribution is -2.37. The number of rotatable bonds is 6. The third-order valence-electron chi connectivity index (χ3n) is 3.54. The number of benzene rings is 1. The number of alkyl halides is 3. The summed E-state index contributed by atoms with van der Waals surface area (Å²) in [5.74, 6) is 1.18. The number of ether oxygens (including phenoxy) is 1. The van der Waals surface area contributed by atoms with Crippen LogP contribution in [0.15, 0.2) is 35.5 Å². The number of aliphatic imine (C=N–C) groups is 1. The molecule has 0 bridgehead atoms. The van der Waals surface area contributed by atoms with Gasteiger partial charge in [-0.2, -0.15) is 18.3 Å². The first kappa shape index (κ1) is 23.1. The number of nitrogens with zero attached hydrogens (tertiary/aromatic N) is 3. The molecule has 0 unspecified atom stereocenters. The molecular formula is C17H23F3IN5O. The highest BCUT2D eigenvalue weighted by molar-refractivity contribution is 14.0. The molecule has 1 aromatic carbocycles. The molecule has 0 fully saturated rings. The molecule has 0 saturated heterocycles. The Hall–Kier alpha value is -1.98. The Bertz CT molecular complexity index is 744. The molecule has 0 spiro atoms. The van der Waals surface area contributed by atoms with Gasteiger partial charge in [0.15, 0.2) is 11.7 Å². The van der Waals surface area contributed by atoms with E-state index in [1.54, 1.807) is 7.11 Å². The normalized spacial score (nSPS) is 11.7. The summed E-state index contributed by atoms with van der Waals surface area (Å²) in [6.07, 6.45) is -3.14. The Morgan fingerprint density at radius 2 is 1.89 bits per heavy atom. The molecule has 0 amide bonds. The molecule has 150 valence electrons. The van der Waals surface area contributed by atoms with Crippen molar-refractivity contribution in [2.24, 2.45) is 12.0 Å². The van der Waals surface area contributed by atoms with Crippen LogP contribution in [0.25, 0.3) is 0 Å². The van der Waals surface area contributed by atoms with Gasteiger partial charge in [-0.05, 0) is 24.6 Å². The van der Waals surface area contributed by atoms with Crippen LogP contribution in [-0.2, 0) is 26.3 Å². The molecule has 1 aromatic heterocycles. The molecule has 2 N–H and O–H groups in total. The van der Waals surface area contributed by atoms with Crippen LogP contribution in [-0.4, -0.2) is 29.4 Å². The number of guanidine groups is 1. The number of methoxy groups -OCH3 is 1. The topological polar surface area (TPSA) is 63.5 Å². The van der Waals surface area contributed by atoms with Gasteiger partial charge >= 0.3 is 6.18 Å². The standard InChI is InChI=1S/C17H22F3N5O.HI/c1-4-21-16(22-9-12-5-7-14(26-3)8-6-12)23-10-13-11-25(2)24-15(13)17(18,19)20;/h5-8,11H,4,9-10H2,1-3H3,(H2,21,22,23);1H. The first-order chi connectivity index (χ1) is 12.3. The minimum Gasteiger partial charge on any atom is -0.497 e. The highest BCUT2D eigenvalue weighted by Crippen LogP contribution is 2.30. The highest BCUT2D eigenvalue weighted by atomic mass is 127. The summed E-state index contributed by atoms with van der Waals surface area (Å²) in [6, 6.07) is 7.43. The van der Waals surface area contributed by atoms with E-state index in [0.29, 0.717) is 19.0 Å². The monoisotopic (exact) mass is 497 g/mol. The maximum Gasteiger partial charge on any atom is 0.435 e. The molecule has 0 saturated carbocycles. The van der Waals surface area contributed by atoms with Crippen molar-refractivity contribution in [3.05, 3.63) is 47.3 Å². The Morgan fingerprint density at radius 1 is 1.22 bits per heavy atom. The van der Waals surface area contributed by atoms with Crippen LogP contribution in [0.1, 0.15) is 23.7 Å². The Kier molecular flexibility index (Phi) is 8.86. The van der Waals surface area contributed by atoms with Crippen LogP contribution >= 0.6 is 24.0 Å². The Labute approximate surface area is 173 Å². The number of nitrogens with one attached hydrogen (secondary N) is 2. The summed E-state index contributed by atoms with van der Waals surface area (Å²) in [7, 11) is 3.05. The van der Waals surface area contributed by atoms with E-state index in [4.69, 9.17) is 4.74 Å². The van der Waals surface area contributed by atoms with E-state index in [1.165, 1.54) is 13.2 Å². The summed E-state index contributed by atoms with van der Waals surface area (Å²) >= 11 is 0. The maximum atomic E-state index is 13.0. The van der Waals surface area contributed by atoms with Crippen LogP contribution in [0.4, 0.5) is 13.2 Å². The molecule has 2 aromatic rings. The molecule has 27 heavy (non-hydrogen) atoms. The quantitative estimate of drug-likeness (QED) is 0.365. The minimum atomic E-state index is -4.49. The van der Waals surface area contributed by atoms with Gasteiger partial charge in [-0.15, -0.1) is 24.0 Å². The van der Waals surface area contributed by atoms with Gasteiger partial charge in [-0.3, -0.25) is 4.68 Å². The molecular weight excluding hydrogens is 474 g/mol. The van der Waals surface area contributed by atoms with E-state index in [0.717, 1.165) is 16.0 Å². The summed E-state index contributed by atoms with van der Waals surface area (Å²) in [5, 5.41) is 9.43. The predicted octanol–water partition coefficient (Wildman–Crippen LogP) is 3.32. The van der Waals surface area contributed by atoms with Gasteiger partial charge in [-0.25, -0.2) is 4.99 Å². The van der Waals surface area contributed by atoms with Crippen LogP contribution in [0.5, 0.6) is 5.75 Å². The zero-order valence-corrected chi connectivity index (χ0v) is 17.6. The fourth-order valence-corrected chi connectivity index (χ4v) is 2.33. The molecule has 0 aliphatic heterocycles. The van der Waals surface area contributed by atoms with Crippen molar-refractivity contribution in [2.75, 3.05) is 13.7 Å². The molecule has 0 aliphatic rings. The lowest BCUT2D eigenvalue weighted by atomic mass is 10.2. The molecule has 0 radical (unpaired) electrons. The molecule has 10 heteroatoms. The van der Waals surface area contributed by atoms with Crippen LogP contribution < -0.4 is 15.4 Å². The predicted molar refractivity (Wildman–Crippen MR) is 108 cm³/mol. The zero-order chi connectivity index (χ0) is 19.2. The number of hydrogen-bond donors (Lipinski definition) is 2. The third kappa shape index (κ3) is 6.92. The van der Waals surface area contributed by atoms with Crippen molar-refractivity contribution >= 4 is 29.9 Å². The van der Waals surface area contributed by atoms with Gasteiger partial charge in [0.1, 0.15) is 5.75 Å². The average Bonchev–Trinajstić information content (AvgIpc) is 2.99. The van der Waals surface area contributed by atoms with E-state index >= 15 is 0 Å². The van der Waals surface area contributed by atoms with Crippen molar-refractivity contribution in [2.45, 2.75) is 26.2 Å². The second kappa shape index (κ2) is 10.4. The van der Waals surface area contributed by atoms with Gasteiger partial charge in [0, 0.05) is 31.9 Å². The van der Waals surface area contributed by atoms with Gasteiger partial charge in [0.05, 0.1) is 13.7 Å². The molecule has 1 heterocycles. The van der Waals surface area contributed by atoms with Crippen molar-refractivity contribution < 1.29 is 17.9 Å². The largest absolute Gasteiger partial charge is 0.497 e. The number of halogens is 4. The van der Waals surface area contributed by atoms with Crippen LogP contribution in [0.3, 0.4) is 0 Å². The molecule has 0 atom stereocenters. The number of aryl methyl sites for hydroxylation is 1. The highest BCUT2D eigenvalue weighted by Gasteiger charge is 2.36. The van der Waals surface area contributed by atoms with Crippen molar-refractivity contribution in [3.8, 4) is 5.75 Å². The SMILES string of the molecule is CCNC(=NCc1ccc(OC)cc1)NCc1cn(C)nc1C(F)(F)F.I. The van der Waals surface area contributed by atoms with Gasteiger partial charge in [0.2, 0.25) is 0 Å². The summed E-state index contributed by atoms with van der Waals surface area (Å²) < 4.78 is 45.3. The molecule has 6 nitrogen and oxygen atoms in total. The van der Waals surface area contributed by atoms with Crippen LogP contribution in [0, 0.1) is 0 Å². The molecule has 0 aliphatic carbocycles.